The van der Waals surface area contributed by atoms with Gasteiger partial charge in [0.25, 0.3) is 5.91 Å². The van der Waals surface area contributed by atoms with Crippen LogP contribution in [0.5, 0.6) is 0 Å². The van der Waals surface area contributed by atoms with E-state index < -0.39 is 11.9 Å². The number of H-pyrrole nitrogens is 1. The summed E-state index contributed by atoms with van der Waals surface area (Å²) < 4.78 is 0. The number of carbonyl (C=O) groups is 2. The Morgan fingerprint density at radius 1 is 1.27 bits per heavy atom. The summed E-state index contributed by atoms with van der Waals surface area (Å²) >= 11 is 0. The van der Waals surface area contributed by atoms with Crippen LogP contribution in [0.15, 0.2) is 30.3 Å². The molecule has 1 aromatic heterocycles. The Balaban J connectivity index is 2.20. The summed E-state index contributed by atoms with van der Waals surface area (Å²) in [5.41, 5.74) is 2.08. The molecule has 1 aromatic carbocycles. The van der Waals surface area contributed by atoms with Gasteiger partial charge in [-0.25, -0.2) is 4.79 Å². The lowest BCUT2D eigenvalue weighted by molar-refractivity contribution is 0.0690. The average molecular weight is 301 g/mol. The smallest absolute Gasteiger partial charge is 0.353 e. The Hall–Kier alpha value is -2.63. The van der Waals surface area contributed by atoms with Crippen LogP contribution >= 0.6 is 0 Å². The number of aromatic nitrogens is 2. The van der Waals surface area contributed by atoms with Gasteiger partial charge in [0.2, 0.25) is 0 Å². The van der Waals surface area contributed by atoms with Crippen LogP contribution in [-0.4, -0.2) is 27.2 Å². The zero-order valence-electron chi connectivity index (χ0n) is 12.8. The van der Waals surface area contributed by atoms with Crippen molar-refractivity contribution in [2.45, 2.75) is 26.8 Å². The molecule has 0 spiro atoms. The molecule has 0 saturated carbocycles. The standard InChI is InChI=1S/C16H19N3O3/c1-9(2)14(11-6-4-5-10(3)7-11)17-15(20)12-8-13(16(21)22)19-18-12/h4-9,14H,1-3H3,(H,17,20)(H,18,19)(H,21,22). The number of rotatable bonds is 5. The van der Waals surface area contributed by atoms with Crippen molar-refractivity contribution in [3.05, 3.63) is 52.8 Å². The Morgan fingerprint density at radius 2 is 2.00 bits per heavy atom. The molecule has 0 bridgehead atoms. The van der Waals surface area contributed by atoms with E-state index in [1.807, 2.05) is 45.0 Å². The number of aryl methyl sites for hydroxylation is 1. The minimum atomic E-state index is -1.15. The van der Waals surface area contributed by atoms with Gasteiger partial charge in [0, 0.05) is 6.07 Å². The Morgan fingerprint density at radius 3 is 2.55 bits per heavy atom. The van der Waals surface area contributed by atoms with Crippen LogP contribution < -0.4 is 5.32 Å². The van der Waals surface area contributed by atoms with Crippen LogP contribution in [0.3, 0.4) is 0 Å². The predicted molar refractivity (Wildman–Crippen MR) is 81.8 cm³/mol. The summed E-state index contributed by atoms with van der Waals surface area (Å²) in [6.45, 7) is 6.02. The molecular weight excluding hydrogens is 282 g/mol. The van der Waals surface area contributed by atoms with Crippen LogP contribution in [0.4, 0.5) is 0 Å². The largest absolute Gasteiger partial charge is 0.477 e. The first-order valence-corrected chi connectivity index (χ1v) is 7.04. The second-order valence-corrected chi connectivity index (χ2v) is 5.58. The lowest BCUT2D eigenvalue weighted by Gasteiger charge is -2.22. The SMILES string of the molecule is Cc1cccc(C(NC(=O)c2cc(C(=O)O)[nH]n2)C(C)C)c1. The fraction of sp³-hybridized carbons (Fsp3) is 0.312. The number of hydrogen-bond acceptors (Lipinski definition) is 3. The Labute approximate surface area is 128 Å². The van der Waals surface area contributed by atoms with Gasteiger partial charge in [-0.1, -0.05) is 43.7 Å². The molecule has 1 amide bonds. The second-order valence-electron chi connectivity index (χ2n) is 5.58. The van der Waals surface area contributed by atoms with Gasteiger partial charge in [0.1, 0.15) is 5.69 Å². The van der Waals surface area contributed by atoms with Crippen LogP contribution in [0.1, 0.15) is 52.0 Å². The Kier molecular flexibility index (Phi) is 4.60. The highest BCUT2D eigenvalue weighted by Gasteiger charge is 2.21. The predicted octanol–water partition coefficient (Wildman–Crippen LogP) is 2.54. The molecular formula is C16H19N3O3. The van der Waals surface area contributed by atoms with Crippen molar-refractivity contribution in [3.8, 4) is 0 Å². The number of aromatic carboxylic acids is 1. The maximum Gasteiger partial charge on any atom is 0.353 e. The lowest BCUT2D eigenvalue weighted by atomic mass is 9.94. The van der Waals surface area contributed by atoms with E-state index in [4.69, 9.17) is 5.11 Å². The number of carboxylic acids is 1. The third kappa shape index (κ3) is 3.52. The van der Waals surface area contributed by atoms with E-state index >= 15 is 0 Å². The number of benzene rings is 1. The van der Waals surface area contributed by atoms with Crippen molar-refractivity contribution in [3.63, 3.8) is 0 Å². The average Bonchev–Trinajstić information content (AvgIpc) is 2.94. The number of nitrogens with zero attached hydrogens (tertiary/aromatic N) is 1. The van der Waals surface area contributed by atoms with E-state index in [0.717, 1.165) is 11.1 Å². The van der Waals surface area contributed by atoms with Crippen LogP contribution in [0.2, 0.25) is 0 Å². The van der Waals surface area contributed by atoms with Gasteiger partial charge in [0.05, 0.1) is 6.04 Å². The van der Waals surface area contributed by atoms with Gasteiger partial charge in [-0.05, 0) is 18.4 Å². The highest BCUT2D eigenvalue weighted by atomic mass is 16.4. The maximum atomic E-state index is 12.3. The third-order valence-corrected chi connectivity index (χ3v) is 3.40. The summed E-state index contributed by atoms with van der Waals surface area (Å²) in [5.74, 6) is -1.36. The number of aromatic amines is 1. The molecule has 2 aromatic rings. The van der Waals surface area contributed by atoms with E-state index in [1.165, 1.54) is 6.07 Å². The summed E-state index contributed by atoms with van der Waals surface area (Å²) in [7, 11) is 0. The second kappa shape index (κ2) is 6.43. The van der Waals surface area contributed by atoms with Crippen molar-refractivity contribution in [2.24, 2.45) is 5.92 Å². The van der Waals surface area contributed by atoms with Crippen LogP contribution in [0.25, 0.3) is 0 Å². The van der Waals surface area contributed by atoms with E-state index in [9.17, 15) is 9.59 Å². The molecule has 6 nitrogen and oxygen atoms in total. The van der Waals surface area contributed by atoms with Crippen molar-refractivity contribution in [2.75, 3.05) is 0 Å². The molecule has 0 aliphatic carbocycles. The van der Waals surface area contributed by atoms with Gasteiger partial charge in [-0.15, -0.1) is 0 Å². The van der Waals surface area contributed by atoms with Gasteiger partial charge in [0.15, 0.2) is 5.69 Å². The number of carboxylic acid groups (broad SMARTS) is 1. The number of carbonyl (C=O) groups excluding carboxylic acids is 1. The number of hydrogen-bond donors (Lipinski definition) is 3. The highest BCUT2D eigenvalue weighted by molar-refractivity contribution is 5.95. The summed E-state index contributed by atoms with van der Waals surface area (Å²) in [6.07, 6.45) is 0. The highest BCUT2D eigenvalue weighted by Crippen LogP contribution is 2.23. The molecule has 2 rings (SSSR count). The minimum Gasteiger partial charge on any atom is -0.477 e. The fourth-order valence-electron chi connectivity index (χ4n) is 2.26. The Bertz CT molecular complexity index is 691. The molecule has 0 aliphatic rings. The first-order chi connectivity index (χ1) is 10.4. The van der Waals surface area contributed by atoms with Gasteiger partial charge >= 0.3 is 5.97 Å². The number of amides is 1. The molecule has 3 N–H and O–H groups in total. The first-order valence-electron chi connectivity index (χ1n) is 7.04. The molecule has 0 aliphatic heterocycles. The quantitative estimate of drug-likeness (QED) is 0.791. The molecule has 0 fully saturated rings. The molecule has 1 atom stereocenters. The molecule has 0 radical (unpaired) electrons. The topological polar surface area (TPSA) is 95.1 Å². The van der Waals surface area contributed by atoms with Crippen molar-refractivity contribution in [1.82, 2.24) is 15.5 Å². The van der Waals surface area contributed by atoms with E-state index in [-0.39, 0.29) is 23.3 Å². The molecule has 1 heterocycles. The fourth-order valence-corrected chi connectivity index (χ4v) is 2.26. The van der Waals surface area contributed by atoms with Crippen molar-refractivity contribution < 1.29 is 14.7 Å². The lowest BCUT2D eigenvalue weighted by Crippen LogP contribution is -2.32. The van der Waals surface area contributed by atoms with E-state index in [2.05, 4.69) is 15.5 Å². The monoisotopic (exact) mass is 301 g/mol. The summed E-state index contributed by atoms with van der Waals surface area (Å²) in [6, 6.07) is 8.99. The molecule has 0 saturated heterocycles. The summed E-state index contributed by atoms with van der Waals surface area (Å²) in [4.78, 5) is 23.1. The van der Waals surface area contributed by atoms with Gasteiger partial charge < -0.3 is 10.4 Å². The van der Waals surface area contributed by atoms with Crippen molar-refractivity contribution in [1.29, 1.82) is 0 Å². The zero-order valence-corrected chi connectivity index (χ0v) is 12.8. The molecule has 116 valence electrons. The summed E-state index contributed by atoms with van der Waals surface area (Å²) in [5, 5.41) is 17.8. The van der Waals surface area contributed by atoms with E-state index in [0.29, 0.717) is 0 Å². The normalized spacial score (nSPS) is 12.2. The van der Waals surface area contributed by atoms with Crippen molar-refractivity contribution >= 4 is 11.9 Å². The van der Waals surface area contributed by atoms with Gasteiger partial charge in [-0.2, -0.15) is 5.10 Å². The van der Waals surface area contributed by atoms with Gasteiger partial charge in [-0.3, -0.25) is 9.89 Å². The maximum absolute atomic E-state index is 12.3. The van der Waals surface area contributed by atoms with Crippen LogP contribution in [-0.2, 0) is 0 Å². The third-order valence-electron chi connectivity index (χ3n) is 3.40. The first kappa shape index (κ1) is 15.8. The van der Waals surface area contributed by atoms with E-state index in [1.54, 1.807) is 0 Å². The molecule has 22 heavy (non-hydrogen) atoms. The number of nitrogens with one attached hydrogen (secondary N) is 2. The minimum absolute atomic E-state index is 0.0655. The van der Waals surface area contributed by atoms with Crippen LogP contribution in [0, 0.1) is 12.8 Å². The molecule has 6 heteroatoms. The zero-order chi connectivity index (χ0) is 16.3. The molecule has 1 unspecified atom stereocenters.